The Bertz CT molecular complexity index is 578. The lowest BCUT2D eigenvalue weighted by Gasteiger charge is -2.12. The molecule has 0 saturated heterocycles. The molecule has 0 spiro atoms. The number of hydrogen-bond acceptors (Lipinski definition) is 4. The average molecular weight is 271 g/mol. The summed E-state index contributed by atoms with van der Waals surface area (Å²) < 4.78 is 1.56. The molecule has 1 aliphatic carbocycles. The first kappa shape index (κ1) is 12.8. The largest absolute Gasteiger partial charge is 0.349 e. The van der Waals surface area contributed by atoms with Crippen molar-refractivity contribution in [3.8, 4) is 5.82 Å². The van der Waals surface area contributed by atoms with Gasteiger partial charge in [-0.05, 0) is 37.3 Å². The Morgan fingerprint density at radius 1 is 1.40 bits per heavy atom. The van der Waals surface area contributed by atoms with Crippen LogP contribution in [0.2, 0.25) is 0 Å². The van der Waals surface area contributed by atoms with Crippen LogP contribution in [0.15, 0.2) is 31.0 Å². The second kappa shape index (κ2) is 5.40. The van der Waals surface area contributed by atoms with Crippen molar-refractivity contribution in [2.45, 2.75) is 32.2 Å². The molecule has 2 unspecified atom stereocenters. The summed E-state index contributed by atoms with van der Waals surface area (Å²) in [4.78, 5) is 20.2. The van der Waals surface area contributed by atoms with Gasteiger partial charge in [0.25, 0.3) is 5.91 Å². The van der Waals surface area contributed by atoms with E-state index in [-0.39, 0.29) is 5.91 Å². The predicted octanol–water partition coefficient (Wildman–Crippen LogP) is 1.58. The summed E-state index contributed by atoms with van der Waals surface area (Å²) in [5.41, 5.74) is 0.577. The Morgan fingerprint density at radius 2 is 2.30 bits per heavy atom. The van der Waals surface area contributed by atoms with E-state index in [0.29, 0.717) is 23.3 Å². The molecule has 104 valence electrons. The molecule has 2 atom stereocenters. The lowest BCUT2D eigenvalue weighted by atomic mass is 10.1. The van der Waals surface area contributed by atoms with Gasteiger partial charge in [-0.25, -0.2) is 14.6 Å². The van der Waals surface area contributed by atoms with Crippen LogP contribution < -0.4 is 5.32 Å². The van der Waals surface area contributed by atoms with Crippen LogP contribution in [0.25, 0.3) is 5.82 Å². The van der Waals surface area contributed by atoms with Gasteiger partial charge in [-0.3, -0.25) is 4.79 Å². The first-order valence-electron chi connectivity index (χ1n) is 6.84. The molecule has 6 heteroatoms. The SMILES string of the molecule is CC1CCC(NC(=O)c2ccc(-n3cncn3)nc2)C1. The van der Waals surface area contributed by atoms with Gasteiger partial charge in [-0.15, -0.1) is 0 Å². The molecule has 1 aliphatic rings. The van der Waals surface area contributed by atoms with Gasteiger partial charge < -0.3 is 5.32 Å². The Kier molecular flexibility index (Phi) is 3.45. The molecule has 1 N–H and O–H groups in total. The zero-order valence-electron chi connectivity index (χ0n) is 11.4. The highest BCUT2D eigenvalue weighted by Gasteiger charge is 2.23. The van der Waals surface area contributed by atoms with Crippen molar-refractivity contribution in [3.63, 3.8) is 0 Å². The smallest absolute Gasteiger partial charge is 0.253 e. The van der Waals surface area contributed by atoms with Crippen LogP contribution in [0.4, 0.5) is 0 Å². The Hall–Kier alpha value is -2.24. The average Bonchev–Trinajstić information content (AvgIpc) is 3.11. The molecule has 2 heterocycles. The Balaban J connectivity index is 1.66. The molecule has 0 aromatic carbocycles. The van der Waals surface area contributed by atoms with E-state index in [2.05, 4.69) is 27.3 Å². The monoisotopic (exact) mass is 271 g/mol. The second-order valence-electron chi connectivity index (χ2n) is 5.33. The van der Waals surface area contributed by atoms with Gasteiger partial charge in [0.05, 0.1) is 5.56 Å². The molecule has 2 aromatic heterocycles. The van der Waals surface area contributed by atoms with Gasteiger partial charge >= 0.3 is 0 Å². The fraction of sp³-hybridized carbons (Fsp3) is 0.429. The molecule has 20 heavy (non-hydrogen) atoms. The Labute approximate surface area is 117 Å². The maximum atomic E-state index is 12.1. The van der Waals surface area contributed by atoms with E-state index in [1.54, 1.807) is 29.3 Å². The molecular weight excluding hydrogens is 254 g/mol. The van der Waals surface area contributed by atoms with E-state index in [1.165, 1.54) is 12.7 Å². The number of pyridine rings is 1. The van der Waals surface area contributed by atoms with Gasteiger partial charge in [-0.2, -0.15) is 5.10 Å². The van der Waals surface area contributed by atoms with Crippen molar-refractivity contribution in [1.29, 1.82) is 0 Å². The van der Waals surface area contributed by atoms with Gasteiger partial charge in [0.2, 0.25) is 0 Å². The minimum Gasteiger partial charge on any atom is -0.349 e. The first-order valence-corrected chi connectivity index (χ1v) is 6.84. The van der Waals surface area contributed by atoms with Crippen LogP contribution in [0.5, 0.6) is 0 Å². The van der Waals surface area contributed by atoms with E-state index in [9.17, 15) is 4.79 Å². The molecule has 6 nitrogen and oxygen atoms in total. The minimum atomic E-state index is -0.0539. The Morgan fingerprint density at radius 3 is 2.90 bits per heavy atom. The number of rotatable bonds is 3. The number of nitrogens with zero attached hydrogens (tertiary/aromatic N) is 4. The lowest BCUT2D eigenvalue weighted by Crippen LogP contribution is -2.32. The standard InChI is InChI=1S/C14H17N5O/c1-10-2-4-12(6-10)18-14(20)11-3-5-13(16-7-11)19-9-15-8-17-19/h3,5,7-10,12H,2,4,6H2,1H3,(H,18,20). The van der Waals surface area contributed by atoms with Crippen LogP contribution in [0.1, 0.15) is 36.5 Å². The summed E-state index contributed by atoms with van der Waals surface area (Å²) in [6, 6.07) is 3.82. The summed E-state index contributed by atoms with van der Waals surface area (Å²) in [7, 11) is 0. The molecule has 0 aliphatic heterocycles. The number of carbonyl (C=O) groups excluding carboxylic acids is 1. The third-order valence-corrected chi connectivity index (χ3v) is 3.69. The number of nitrogens with one attached hydrogen (secondary N) is 1. The lowest BCUT2D eigenvalue weighted by molar-refractivity contribution is 0.0937. The number of carbonyl (C=O) groups is 1. The number of amides is 1. The maximum Gasteiger partial charge on any atom is 0.253 e. The van der Waals surface area contributed by atoms with Crippen molar-refractivity contribution in [2.75, 3.05) is 0 Å². The van der Waals surface area contributed by atoms with Crippen LogP contribution in [-0.2, 0) is 0 Å². The zero-order valence-corrected chi connectivity index (χ0v) is 11.4. The summed E-state index contributed by atoms with van der Waals surface area (Å²) in [5.74, 6) is 1.29. The third-order valence-electron chi connectivity index (χ3n) is 3.69. The maximum absolute atomic E-state index is 12.1. The van der Waals surface area contributed by atoms with Crippen molar-refractivity contribution in [2.24, 2.45) is 5.92 Å². The third kappa shape index (κ3) is 2.68. The van der Waals surface area contributed by atoms with Crippen LogP contribution in [-0.4, -0.2) is 31.7 Å². The van der Waals surface area contributed by atoms with E-state index >= 15 is 0 Å². The summed E-state index contributed by atoms with van der Waals surface area (Å²) >= 11 is 0. The highest BCUT2D eigenvalue weighted by molar-refractivity contribution is 5.94. The zero-order chi connectivity index (χ0) is 13.9. The molecule has 1 fully saturated rings. The topological polar surface area (TPSA) is 72.7 Å². The highest BCUT2D eigenvalue weighted by Crippen LogP contribution is 2.24. The quantitative estimate of drug-likeness (QED) is 0.920. The van der Waals surface area contributed by atoms with E-state index in [4.69, 9.17) is 0 Å². The minimum absolute atomic E-state index is 0.0539. The molecule has 2 aromatic rings. The summed E-state index contributed by atoms with van der Waals surface area (Å²) in [5, 5.41) is 7.06. The van der Waals surface area contributed by atoms with Crippen molar-refractivity contribution < 1.29 is 4.79 Å². The molecule has 0 radical (unpaired) electrons. The number of aromatic nitrogens is 4. The van der Waals surface area contributed by atoms with E-state index in [0.717, 1.165) is 12.8 Å². The second-order valence-corrected chi connectivity index (χ2v) is 5.33. The highest BCUT2D eigenvalue weighted by atomic mass is 16.1. The molecular formula is C14H17N5O. The summed E-state index contributed by atoms with van der Waals surface area (Å²) in [6.45, 7) is 2.22. The van der Waals surface area contributed by atoms with Crippen LogP contribution in [0.3, 0.4) is 0 Å². The fourth-order valence-electron chi connectivity index (χ4n) is 2.59. The van der Waals surface area contributed by atoms with Crippen LogP contribution >= 0.6 is 0 Å². The van der Waals surface area contributed by atoms with E-state index < -0.39 is 0 Å². The van der Waals surface area contributed by atoms with Crippen molar-refractivity contribution >= 4 is 5.91 Å². The van der Waals surface area contributed by atoms with Gasteiger partial charge in [0, 0.05) is 12.2 Å². The molecule has 1 saturated carbocycles. The summed E-state index contributed by atoms with van der Waals surface area (Å²) in [6.07, 6.45) is 7.91. The van der Waals surface area contributed by atoms with E-state index in [1.807, 2.05) is 0 Å². The molecule has 3 rings (SSSR count). The van der Waals surface area contributed by atoms with Gasteiger partial charge in [0.1, 0.15) is 12.7 Å². The molecule has 1 amide bonds. The number of hydrogen-bond donors (Lipinski definition) is 1. The van der Waals surface area contributed by atoms with Crippen molar-refractivity contribution in [1.82, 2.24) is 25.1 Å². The predicted molar refractivity (Wildman–Crippen MR) is 73.4 cm³/mol. The fourth-order valence-corrected chi connectivity index (χ4v) is 2.59. The van der Waals surface area contributed by atoms with Crippen LogP contribution in [0, 0.1) is 5.92 Å². The molecule has 0 bridgehead atoms. The normalized spacial score (nSPS) is 21.9. The van der Waals surface area contributed by atoms with Gasteiger partial charge in [-0.1, -0.05) is 6.92 Å². The van der Waals surface area contributed by atoms with Crippen molar-refractivity contribution in [3.05, 3.63) is 36.5 Å². The van der Waals surface area contributed by atoms with Gasteiger partial charge in [0.15, 0.2) is 5.82 Å². The first-order chi connectivity index (χ1) is 9.72.